The number of halogens is 1. The highest BCUT2D eigenvalue weighted by molar-refractivity contribution is 6.99. The molecule has 1 fully saturated rings. The average Bonchev–Trinajstić information content (AvgIpc) is 2.85. The molecule has 1 heterocycles. The van der Waals surface area contributed by atoms with Crippen LogP contribution >= 0.6 is 0 Å². The monoisotopic (exact) mass is 491 g/mol. The van der Waals surface area contributed by atoms with E-state index in [1.54, 1.807) is 15.9 Å². The van der Waals surface area contributed by atoms with Gasteiger partial charge in [-0.1, -0.05) is 81.4 Å². The Morgan fingerprint density at radius 2 is 1.54 bits per heavy atom. The summed E-state index contributed by atoms with van der Waals surface area (Å²) in [5, 5.41) is 2.29. The third-order valence-electron chi connectivity index (χ3n) is 6.70. The van der Waals surface area contributed by atoms with Gasteiger partial charge in [0, 0.05) is 25.3 Å². The van der Waals surface area contributed by atoms with Crippen molar-refractivity contribution in [2.24, 2.45) is 0 Å². The lowest BCUT2D eigenvalue weighted by Gasteiger charge is -2.43. The topological polar surface area (TPSA) is 58.8 Å². The number of rotatable bonds is 7. The van der Waals surface area contributed by atoms with Crippen LogP contribution in [-0.2, 0) is 4.43 Å². The normalized spacial score (nSPS) is 14.9. The molecule has 0 spiro atoms. The van der Waals surface area contributed by atoms with E-state index in [-0.39, 0.29) is 16.8 Å². The largest absolute Gasteiger partial charge is 0.406 e. The fraction of sp³-hybridized carbons (Fsp3) is 0.321. The van der Waals surface area contributed by atoms with E-state index < -0.39 is 14.1 Å². The fourth-order valence-corrected chi connectivity index (χ4v) is 9.54. The number of carbonyl (C=O) groups is 1. The van der Waals surface area contributed by atoms with Crippen LogP contribution in [0.25, 0.3) is 0 Å². The van der Waals surface area contributed by atoms with Crippen molar-refractivity contribution in [1.29, 1.82) is 0 Å². The maximum Gasteiger partial charge on any atom is 0.324 e. The van der Waals surface area contributed by atoms with Gasteiger partial charge in [0.1, 0.15) is 5.82 Å². The Kier molecular flexibility index (Phi) is 7.28. The van der Waals surface area contributed by atoms with Gasteiger partial charge in [-0.05, 0) is 40.0 Å². The van der Waals surface area contributed by atoms with E-state index in [0.717, 1.165) is 6.42 Å². The Hall–Kier alpha value is -3.16. The van der Waals surface area contributed by atoms with E-state index in [4.69, 9.17) is 10.2 Å². The molecule has 0 radical (unpaired) electrons. The predicted octanol–water partition coefficient (Wildman–Crippen LogP) is 4.62. The van der Waals surface area contributed by atoms with Gasteiger partial charge in [-0.15, -0.1) is 0 Å². The second-order valence-corrected chi connectivity index (χ2v) is 14.3. The molecular weight excluding hydrogens is 457 g/mol. The fourth-order valence-electron chi connectivity index (χ4n) is 4.98. The number of carbonyl (C=O) groups excluding carboxylic acids is 1. The highest BCUT2D eigenvalue weighted by Gasteiger charge is 2.50. The molecule has 0 unspecified atom stereocenters. The first-order valence-electron chi connectivity index (χ1n) is 12.1. The SMILES string of the molecule is CC(C)(C)[Si](OCCN1CCCN(c2ccc(N)c(F)c2)C1=O)(c1ccccc1)c1ccccc1. The zero-order valence-corrected chi connectivity index (χ0v) is 21.7. The van der Waals surface area contributed by atoms with Crippen LogP contribution in [0.3, 0.4) is 0 Å². The Balaban J connectivity index is 1.57. The summed E-state index contributed by atoms with van der Waals surface area (Å²) in [5.41, 5.74) is 6.22. The smallest absolute Gasteiger partial charge is 0.324 e. The first-order valence-corrected chi connectivity index (χ1v) is 14.0. The number of amides is 2. The van der Waals surface area contributed by atoms with Crippen molar-refractivity contribution in [1.82, 2.24) is 4.90 Å². The van der Waals surface area contributed by atoms with Gasteiger partial charge in [-0.25, -0.2) is 9.18 Å². The Morgan fingerprint density at radius 3 is 2.09 bits per heavy atom. The molecule has 0 saturated carbocycles. The van der Waals surface area contributed by atoms with Gasteiger partial charge in [-0.3, -0.25) is 4.90 Å². The third kappa shape index (κ3) is 4.97. The standard InChI is InChI=1S/C28H34FN3O2Si/c1-28(2,3)35(23-11-6-4-7-12-23,24-13-8-5-9-14-24)34-20-19-31-17-10-18-32(27(31)33)22-15-16-26(30)25(29)21-22/h4-9,11-16,21H,10,17-20,30H2,1-3H3. The van der Waals surface area contributed by atoms with Crippen molar-refractivity contribution < 1.29 is 13.6 Å². The van der Waals surface area contributed by atoms with E-state index in [2.05, 4.69) is 69.3 Å². The Labute approximate surface area is 208 Å². The minimum atomic E-state index is -2.67. The van der Waals surface area contributed by atoms with Crippen molar-refractivity contribution in [2.45, 2.75) is 32.2 Å². The van der Waals surface area contributed by atoms with Crippen molar-refractivity contribution in [2.75, 3.05) is 36.9 Å². The first-order chi connectivity index (χ1) is 16.7. The molecule has 0 bridgehead atoms. The zero-order valence-electron chi connectivity index (χ0n) is 20.7. The summed E-state index contributed by atoms with van der Waals surface area (Å²) in [7, 11) is -2.67. The molecule has 35 heavy (non-hydrogen) atoms. The molecule has 4 rings (SSSR count). The van der Waals surface area contributed by atoms with E-state index >= 15 is 0 Å². The molecule has 0 aromatic heterocycles. The van der Waals surface area contributed by atoms with Crippen LogP contribution in [-0.4, -0.2) is 45.5 Å². The van der Waals surface area contributed by atoms with Crippen LogP contribution in [0.15, 0.2) is 78.9 Å². The molecule has 2 amide bonds. The summed E-state index contributed by atoms with van der Waals surface area (Å²) in [5.74, 6) is -0.512. The molecule has 2 N–H and O–H groups in total. The minimum absolute atomic E-state index is 0.0776. The van der Waals surface area contributed by atoms with Crippen molar-refractivity contribution in [3.05, 3.63) is 84.7 Å². The highest BCUT2D eigenvalue weighted by atomic mass is 28.4. The molecule has 5 nitrogen and oxygen atoms in total. The summed E-state index contributed by atoms with van der Waals surface area (Å²) in [6.45, 7) is 8.80. The summed E-state index contributed by atoms with van der Waals surface area (Å²) < 4.78 is 21.0. The number of nitrogens with two attached hydrogens (primary N) is 1. The molecule has 3 aromatic rings. The Bertz CT molecular complexity index is 1110. The van der Waals surface area contributed by atoms with Crippen LogP contribution in [0.5, 0.6) is 0 Å². The number of nitrogen functional groups attached to an aromatic ring is 1. The van der Waals surface area contributed by atoms with Gasteiger partial charge >= 0.3 is 6.03 Å². The van der Waals surface area contributed by atoms with Gasteiger partial charge in [0.25, 0.3) is 8.32 Å². The minimum Gasteiger partial charge on any atom is -0.406 e. The summed E-state index contributed by atoms with van der Waals surface area (Å²) in [6, 6.07) is 25.3. The molecule has 7 heteroatoms. The average molecular weight is 492 g/mol. The summed E-state index contributed by atoms with van der Waals surface area (Å²) in [6.07, 6.45) is 0.803. The predicted molar refractivity (Wildman–Crippen MR) is 143 cm³/mol. The van der Waals surface area contributed by atoms with E-state index in [1.807, 2.05) is 12.1 Å². The van der Waals surface area contributed by atoms with E-state index in [0.29, 0.717) is 31.9 Å². The summed E-state index contributed by atoms with van der Waals surface area (Å²) >= 11 is 0. The number of nitrogens with zero attached hydrogens (tertiary/aromatic N) is 2. The second-order valence-electron chi connectivity index (χ2n) is 9.99. The van der Waals surface area contributed by atoms with Crippen LogP contribution in [0.2, 0.25) is 5.04 Å². The lowest BCUT2D eigenvalue weighted by molar-refractivity contribution is 0.177. The van der Waals surface area contributed by atoms with Crippen molar-refractivity contribution in [3.63, 3.8) is 0 Å². The number of anilines is 2. The number of urea groups is 1. The van der Waals surface area contributed by atoms with Crippen LogP contribution in [0.4, 0.5) is 20.6 Å². The lowest BCUT2D eigenvalue weighted by Crippen LogP contribution is -2.67. The quantitative estimate of drug-likeness (QED) is 0.388. The summed E-state index contributed by atoms with van der Waals surface area (Å²) in [4.78, 5) is 16.7. The molecule has 184 valence electrons. The van der Waals surface area contributed by atoms with Gasteiger partial charge in [-0.2, -0.15) is 0 Å². The molecule has 1 aliphatic rings. The van der Waals surface area contributed by atoms with Gasteiger partial charge < -0.3 is 15.1 Å². The molecule has 0 atom stereocenters. The number of benzene rings is 3. The van der Waals surface area contributed by atoms with Gasteiger partial charge in [0.15, 0.2) is 0 Å². The number of hydrogen-bond donors (Lipinski definition) is 1. The molecule has 0 aliphatic carbocycles. The molecular formula is C28H34FN3O2Si. The van der Waals surface area contributed by atoms with E-state index in [9.17, 15) is 9.18 Å². The maximum absolute atomic E-state index is 14.0. The Morgan fingerprint density at radius 1 is 0.943 bits per heavy atom. The van der Waals surface area contributed by atoms with E-state index in [1.165, 1.54) is 22.5 Å². The molecule has 1 aliphatic heterocycles. The first kappa shape index (κ1) is 24.9. The molecule has 1 saturated heterocycles. The van der Waals surface area contributed by atoms with Crippen LogP contribution in [0.1, 0.15) is 27.2 Å². The van der Waals surface area contributed by atoms with Crippen LogP contribution < -0.4 is 21.0 Å². The van der Waals surface area contributed by atoms with Crippen molar-refractivity contribution >= 4 is 36.1 Å². The number of hydrogen-bond acceptors (Lipinski definition) is 3. The van der Waals surface area contributed by atoms with Crippen LogP contribution in [0, 0.1) is 5.82 Å². The second kappa shape index (κ2) is 10.2. The maximum atomic E-state index is 14.0. The zero-order chi connectivity index (χ0) is 25.1. The third-order valence-corrected chi connectivity index (χ3v) is 11.7. The highest BCUT2D eigenvalue weighted by Crippen LogP contribution is 2.36. The van der Waals surface area contributed by atoms with Crippen molar-refractivity contribution in [3.8, 4) is 0 Å². The lowest BCUT2D eigenvalue weighted by atomic mass is 10.2. The molecule has 3 aromatic carbocycles. The van der Waals surface area contributed by atoms with Gasteiger partial charge in [0.05, 0.1) is 12.3 Å². The van der Waals surface area contributed by atoms with Gasteiger partial charge in [0.2, 0.25) is 0 Å².